The predicted octanol–water partition coefficient (Wildman–Crippen LogP) is 0.389. The molecule has 2 amide bonds. The van der Waals surface area contributed by atoms with Crippen LogP contribution in [-0.2, 0) is 4.74 Å². The first-order valence-electron chi connectivity index (χ1n) is 4.14. The Hall–Kier alpha value is -0.770. The molecule has 0 bridgehead atoms. The van der Waals surface area contributed by atoms with E-state index in [-0.39, 0.29) is 12.1 Å². The van der Waals surface area contributed by atoms with Crippen molar-refractivity contribution in [2.45, 2.75) is 12.5 Å². The first-order chi connectivity index (χ1) is 5.65. The van der Waals surface area contributed by atoms with Crippen LogP contribution in [0.3, 0.4) is 0 Å². The maximum Gasteiger partial charge on any atom is 0.319 e. The maximum atomic E-state index is 11.4. The number of likely N-dealkylation sites (tertiary alicyclic amines) is 1. The minimum atomic E-state index is 0.0783. The lowest BCUT2D eigenvalue weighted by atomic mass is 10.3. The van der Waals surface area contributed by atoms with Gasteiger partial charge < -0.3 is 14.5 Å². The number of urea groups is 1. The molecule has 1 atom stereocenters. The Kier molecular flexibility index (Phi) is 2.92. The highest BCUT2D eigenvalue weighted by atomic mass is 16.5. The molecule has 0 aromatic heterocycles. The Bertz CT molecular complexity index is 170. The van der Waals surface area contributed by atoms with Gasteiger partial charge in [-0.2, -0.15) is 0 Å². The molecule has 0 radical (unpaired) electrons. The summed E-state index contributed by atoms with van der Waals surface area (Å²) in [6, 6.07) is 0.0783. The van der Waals surface area contributed by atoms with E-state index in [0.29, 0.717) is 0 Å². The lowest BCUT2D eigenvalue weighted by molar-refractivity contribution is 0.108. The molecule has 4 heteroatoms. The molecule has 1 aliphatic rings. The monoisotopic (exact) mass is 172 g/mol. The maximum absolute atomic E-state index is 11.4. The van der Waals surface area contributed by atoms with Crippen LogP contribution < -0.4 is 0 Å². The second kappa shape index (κ2) is 3.76. The molecule has 0 spiro atoms. The van der Waals surface area contributed by atoms with Gasteiger partial charge >= 0.3 is 6.03 Å². The van der Waals surface area contributed by atoms with Crippen molar-refractivity contribution >= 4 is 6.03 Å². The summed E-state index contributed by atoms with van der Waals surface area (Å²) in [6.07, 6.45) is 1.18. The molecule has 0 aromatic rings. The molecule has 1 rings (SSSR count). The molecule has 1 heterocycles. The quantitative estimate of drug-likeness (QED) is 0.573. The fourth-order valence-electron chi connectivity index (χ4n) is 1.38. The van der Waals surface area contributed by atoms with Gasteiger partial charge in [0, 0.05) is 34.3 Å². The van der Waals surface area contributed by atoms with Gasteiger partial charge in [0.25, 0.3) is 0 Å². The van der Waals surface area contributed by atoms with E-state index in [4.69, 9.17) is 4.74 Å². The van der Waals surface area contributed by atoms with Crippen LogP contribution in [0.4, 0.5) is 4.79 Å². The summed E-state index contributed by atoms with van der Waals surface area (Å²) in [5, 5.41) is 0. The summed E-state index contributed by atoms with van der Waals surface area (Å²) < 4.78 is 5.16. The van der Waals surface area contributed by atoms with E-state index in [1.807, 2.05) is 4.90 Å². The number of methoxy groups -OCH3 is 1. The first kappa shape index (κ1) is 9.32. The van der Waals surface area contributed by atoms with Crippen molar-refractivity contribution in [2.75, 3.05) is 34.3 Å². The second-order valence-electron chi connectivity index (χ2n) is 3.27. The van der Waals surface area contributed by atoms with Gasteiger partial charge in [-0.15, -0.1) is 0 Å². The van der Waals surface area contributed by atoms with Crippen molar-refractivity contribution in [3.8, 4) is 0 Å². The number of nitrogens with zero attached hydrogens (tertiary/aromatic N) is 2. The van der Waals surface area contributed by atoms with Gasteiger partial charge in [-0.3, -0.25) is 0 Å². The molecule has 0 N–H and O–H groups in total. The largest absolute Gasteiger partial charge is 0.380 e. The number of ether oxygens (including phenoxy) is 1. The molecule has 1 aliphatic heterocycles. The standard InChI is InChI=1S/C8H16N2O2/c1-9(2)8(11)10-5-4-7(6-10)12-3/h7H,4-6H2,1-3H3/t7-/m1/s1. The minimum Gasteiger partial charge on any atom is -0.380 e. The van der Waals surface area contributed by atoms with Crippen molar-refractivity contribution in [3.63, 3.8) is 0 Å². The van der Waals surface area contributed by atoms with E-state index in [2.05, 4.69) is 0 Å². The molecule has 0 aromatic carbocycles. The molecule has 12 heavy (non-hydrogen) atoms. The Balaban J connectivity index is 2.41. The summed E-state index contributed by atoms with van der Waals surface area (Å²) in [7, 11) is 5.22. The Labute approximate surface area is 73.1 Å². The van der Waals surface area contributed by atoms with Crippen LogP contribution >= 0.6 is 0 Å². The van der Waals surface area contributed by atoms with Gasteiger partial charge in [0.2, 0.25) is 0 Å². The van der Waals surface area contributed by atoms with Crippen LogP contribution in [0.1, 0.15) is 6.42 Å². The summed E-state index contributed by atoms with van der Waals surface area (Å²) in [4.78, 5) is 14.8. The van der Waals surface area contributed by atoms with Crippen LogP contribution in [0.15, 0.2) is 0 Å². The number of carbonyl (C=O) groups excluding carboxylic acids is 1. The van der Waals surface area contributed by atoms with Gasteiger partial charge in [0.1, 0.15) is 0 Å². The molecule has 0 aliphatic carbocycles. The number of hydrogen-bond acceptors (Lipinski definition) is 2. The highest BCUT2D eigenvalue weighted by Crippen LogP contribution is 2.12. The van der Waals surface area contributed by atoms with E-state index in [0.717, 1.165) is 19.5 Å². The number of amides is 2. The lowest BCUT2D eigenvalue weighted by Crippen LogP contribution is -2.38. The van der Waals surface area contributed by atoms with E-state index in [1.165, 1.54) is 0 Å². The third-order valence-electron chi connectivity index (χ3n) is 2.13. The molecule has 70 valence electrons. The SMILES string of the molecule is CO[C@@H]1CCN(C(=O)N(C)C)C1. The van der Waals surface area contributed by atoms with E-state index in [9.17, 15) is 4.79 Å². The van der Waals surface area contributed by atoms with Gasteiger partial charge in [-0.25, -0.2) is 4.79 Å². The third kappa shape index (κ3) is 1.88. The van der Waals surface area contributed by atoms with E-state index >= 15 is 0 Å². The van der Waals surface area contributed by atoms with Crippen molar-refractivity contribution in [1.29, 1.82) is 0 Å². The van der Waals surface area contributed by atoms with Crippen molar-refractivity contribution in [2.24, 2.45) is 0 Å². The number of rotatable bonds is 1. The smallest absolute Gasteiger partial charge is 0.319 e. The normalized spacial score (nSPS) is 22.9. The van der Waals surface area contributed by atoms with Crippen LogP contribution in [-0.4, -0.2) is 56.2 Å². The fraction of sp³-hybridized carbons (Fsp3) is 0.875. The molecular formula is C8H16N2O2. The summed E-state index contributed by atoms with van der Waals surface area (Å²) in [6.45, 7) is 1.54. The average molecular weight is 172 g/mol. The van der Waals surface area contributed by atoms with E-state index < -0.39 is 0 Å². The zero-order chi connectivity index (χ0) is 9.14. The van der Waals surface area contributed by atoms with Crippen LogP contribution in [0.5, 0.6) is 0 Å². The zero-order valence-electron chi connectivity index (χ0n) is 7.91. The highest BCUT2D eigenvalue weighted by molar-refractivity contribution is 5.74. The first-order valence-corrected chi connectivity index (χ1v) is 4.14. The molecular weight excluding hydrogens is 156 g/mol. The van der Waals surface area contributed by atoms with Crippen LogP contribution in [0.25, 0.3) is 0 Å². The van der Waals surface area contributed by atoms with Crippen molar-refractivity contribution in [1.82, 2.24) is 9.80 Å². The zero-order valence-corrected chi connectivity index (χ0v) is 7.91. The number of carbonyl (C=O) groups is 1. The minimum absolute atomic E-state index is 0.0783. The van der Waals surface area contributed by atoms with Crippen molar-refractivity contribution in [3.05, 3.63) is 0 Å². The highest BCUT2D eigenvalue weighted by Gasteiger charge is 2.26. The van der Waals surface area contributed by atoms with Gasteiger partial charge in [0.05, 0.1) is 6.10 Å². The molecule has 4 nitrogen and oxygen atoms in total. The third-order valence-corrected chi connectivity index (χ3v) is 2.13. The van der Waals surface area contributed by atoms with Crippen molar-refractivity contribution < 1.29 is 9.53 Å². The summed E-state index contributed by atoms with van der Waals surface area (Å²) in [5.41, 5.74) is 0. The summed E-state index contributed by atoms with van der Waals surface area (Å²) in [5.74, 6) is 0. The second-order valence-corrected chi connectivity index (χ2v) is 3.27. The van der Waals surface area contributed by atoms with E-state index in [1.54, 1.807) is 26.1 Å². The van der Waals surface area contributed by atoms with Crippen LogP contribution in [0.2, 0.25) is 0 Å². The molecule has 0 unspecified atom stereocenters. The lowest BCUT2D eigenvalue weighted by Gasteiger charge is -2.20. The molecule has 1 saturated heterocycles. The predicted molar refractivity (Wildman–Crippen MR) is 46.1 cm³/mol. The van der Waals surface area contributed by atoms with Gasteiger partial charge in [0.15, 0.2) is 0 Å². The fourth-order valence-corrected chi connectivity index (χ4v) is 1.38. The molecule has 0 saturated carbocycles. The number of hydrogen-bond donors (Lipinski definition) is 0. The Morgan fingerprint density at radius 3 is 2.67 bits per heavy atom. The topological polar surface area (TPSA) is 32.8 Å². The van der Waals surface area contributed by atoms with Gasteiger partial charge in [-0.1, -0.05) is 0 Å². The van der Waals surface area contributed by atoms with Gasteiger partial charge in [-0.05, 0) is 6.42 Å². The Morgan fingerprint density at radius 1 is 1.58 bits per heavy atom. The van der Waals surface area contributed by atoms with Crippen LogP contribution in [0, 0.1) is 0 Å². The Morgan fingerprint density at radius 2 is 2.25 bits per heavy atom. The average Bonchev–Trinajstić information content (AvgIpc) is 2.50. The molecule has 1 fully saturated rings. The summed E-state index contributed by atoms with van der Waals surface area (Å²) >= 11 is 0.